The molecule has 0 heterocycles. The molecule has 3 nitrogen and oxygen atoms in total. The Morgan fingerprint density at radius 2 is 2.20 bits per heavy atom. The van der Waals surface area contributed by atoms with E-state index in [9.17, 15) is 4.79 Å². The van der Waals surface area contributed by atoms with Crippen LogP contribution in [0.3, 0.4) is 0 Å². The first-order chi connectivity index (χ1) is 4.42. The van der Waals surface area contributed by atoms with Crippen LogP contribution in [-0.2, 0) is 4.79 Å². The van der Waals surface area contributed by atoms with Gasteiger partial charge in [-0.3, -0.25) is 4.79 Å². The lowest BCUT2D eigenvalue weighted by atomic mass is 9.86. The molecule has 0 aromatic heterocycles. The van der Waals surface area contributed by atoms with Gasteiger partial charge < -0.3 is 10.8 Å². The first-order valence-electron chi connectivity index (χ1n) is 3.45. The third-order valence-electron chi connectivity index (χ3n) is 2.10. The highest BCUT2D eigenvalue weighted by Crippen LogP contribution is 2.16. The molecule has 0 unspecified atom stereocenters. The summed E-state index contributed by atoms with van der Waals surface area (Å²) >= 11 is 0. The molecule has 0 radical (unpaired) electrons. The van der Waals surface area contributed by atoms with Crippen LogP contribution in [0.15, 0.2) is 0 Å². The van der Waals surface area contributed by atoms with Gasteiger partial charge in [0.2, 0.25) is 0 Å². The molecule has 0 bridgehead atoms. The highest BCUT2D eigenvalue weighted by molar-refractivity contribution is 5.78. The molecule has 0 aliphatic heterocycles. The molecule has 0 amide bonds. The summed E-state index contributed by atoms with van der Waals surface area (Å²) in [5.74, 6) is -0.910. The highest BCUT2D eigenvalue weighted by Gasteiger charge is 2.33. The van der Waals surface area contributed by atoms with Crippen molar-refractivity contribution in [3.63, 3.8) is 0 Å². The number of hydrogen-bond donors (Lipinski definition) is 2. The minimum absolute atomic E-state index is 0.0185. The van der Waals surface area contributed by atoms with Gasteiger partial charge in [0.15, 0.2) is 0 Å². The monoisotopic (exact) mass is 145 g/mol. The molecule has 0 aliphatic rings. The van der Waals surface area contributed by atoms with Gasteiger partial charge in [0.25, 0.3) is 0 Å². The number of carboxylic acid groups (broad SMARTS) is 1. The Morgan fingerprint density at radius 3 is 2.30 bits per heavy atom. The number of rotatable bonds is 3. The van der Waals surface area contributed by atoms with Crippen LogP contribution >= 0.6 is 0 Å². The molecule has 0 fully saturated rings. The van der Waals surface area contributed by atoms with Crippen LogP contribution in [0.25, 0.3) is 0 Å². The van der Waals surface area contributed by atoms with Crippen LogP contribution in [0.5, 0.6) is 0 Å². The van der Waals surface area contributed by atoms with E-state index in [1.807, 2.05) is 13.8 Å². The predicted molar refractivity (Wildman–Crippen MR) is 39.7 cm³/mol. The van der Waals surface area contributed by atoms with E-state index in [1.54, 1.807) is 6.92 Å². The van der Waals surface area contributed by atoms with E-state index in [1.165, 1.54) is 0 Å². The summed E-state index contributed by atoms with van der Waals surface area (Å²) in [6, 6.07) is 0. The Morgan fingerprint density at radius 1 is 1.80 bits per heavy atom. The van der Waals surface area contributed by atoms with Crippen molar-refractivity contribution < 1.29 is 9.90 Å². The normalized spacial score (nSPS) is 19.6. The molecular formula is C7H15NO2. The molecule has 0 spiro atoms. The minimum atomic E-state index is -1.07. The van der Waals surface area contributed by atoms with Gasteiger partial charge in [-0.1, -0.05) is 20.3 Å². The standard InChI is InChI=1S/C7H15NO2/c1-4-5(2)7(3,8)6(9)10/h5H,4,8H2,1-3H3,(H,9,10)/t5-,7-/m0/s1. The number of carbonyl (C=O) groups is 1. The largest absolute Gasteiger partial charge is 0.480 e. The molecule has 2 atom stereocenters. The molecular weight excluding hydrogens is 130 g/mol. The Labute approximate surface area is 61.2 Å². The van der Waals surface area contributed by atoms with E-state index in [0.717, 1.165) is 6.42 Å². The van der Waals surface area contributed by atoms with E-state index in [2.05, 4.69) is 0 Å². The highest BCUT2D eigenvalue weighted by atomic mass is 16.4. The predicted octanol–water partition coefficient (Wildman–Crippen LogP) is 0.834. The van der Waals surface area contributed by atoms with Crippen LogP contribution < -0.4 is 5.73 Å². The van der Waals surface area contributed by atoms with Crippen molar-refractivity contribution in [2.24, 2.45) is 11.7 Å². The molecule has 0 aliphatic carbocycles. The number of carboxylic acids is 1. The molecule has 0 saturated heterocycles. The third kappa shape index (κ3) is 1.70. The SMILES string of the molecule is CC[C@H](C)[C@](C)(N)C(=O)O. The molecule has 60 valence electrons. The Bertz CT molecular complexity index is 132. The van der Waals surface area contributed by atoms with Crippen molar-refractivity contribution >= 4 is 5.97 Å². The van der Waals surface area contributed by atoms with E-state index >= 15 is 0 Å². The van der Waals surface area contributed by atoms with Crippen molar-refractivity contribution in [2.45, 2.75) is 32.7 Å². The van der Waals surface area contributed by atoms with E-state index in [4.69, 9.17) is 10.8 Å². The smallest absolute Gasteiger partial charge is 0.323 e. The lowest BCUT2D eigenvalue weighted by Crippen LogP contribution is -2.50. The van der Waals surface area contributed by atoms with E-state index in [0.29, 0.717) is 0 Å². The minimum Gasteiger partial charge on any atom is -0.480 e. The number of nitrogens with two attached hydrogens (primary N) is 1. The van der Waals surface area contributed by atoms with Gasteiger partial charge >= 0.3 is 5.97 Å². The van der Waals surface area contributed by atoms with Crippen LogP contribution in [0.1, 0.15) is 27.2 Å². The van der Waals surface area contributed by atoms with Gasteiger partial charge in [0, 0.05) is 0 Å². The van der Waals surface area contributed by atoms with Crippen molar-refractivity contribution in [3.05, 3.63) is 0 Å². The summed E-state index contributed by atoms with van der Waals surface area (Å²) in [5, 5.41) is 8.62. The van der Waals surface area contributed by atoms with Crippen molar-refractivity contribution in [2.75, 3.05) is 0 Å². The molecule has 3 N–H and O–H groups in total. The maximum absolute atomic E-state index is 10.5. The summed E-state index contributed by atoms with van der Waals surface area (Å²) < 4.78 is 0. The quantitative estimate of drug-likeness (QED) is 0.618. The molecule has 0 aromatic carbocycles. The first-order valence-corrected chi connectivity index (χ1v) is 3.45. The van der Waals surface area contributed by atoms with Crippen LogP contribution in [-0.4, -0.2) is 16.6 Å². The van der Waals surface area contributed by atoms with E-state index < -0.39 is 11.5 Å². The van der Waals surface area contributed by atoms with Gasteiger partial charge in [-0.05, 0) is 12.8 Å². The van der Waals surface area contributed by atoms with Crippen molar-refractivity contribution in [3.8, 4) is 0 Å². The second-order valence-electron chi connectivity index (χ2n) is 2.90. The van der Waals surface area contributed by atoms with Gasteiger partial charge in [0.05, 0.1) is 0 Å². The summed E-state index contributed by atoms with van der Waals surface area (Å²) in [6.07, 6.45) is 0.791. The van der Waals surface area contributed by atoms with Crippen LogP contribution in [0, 0.1) is 5.92 Å². The maximum atomic E-state index is 10.5. The number of hydrogen-bond acceptors (Lipinski definition) is 2. The Balaban J connectivity index is 4.23. The lowest BCUT2D eigenvalue weighted by Gasteiger charge is -2.25. The molecule has 0 aromatic rings. The fourth-order valence-electron chi connectivity index (χ4n) is 0.635. The first kappa shape index (κ1) is 9.43. The molecule has 10 heavy (non-hydrogen) atoms. The van der Waals surface area contributed by atoms with Crippen LogP contribution in [0.2, 0.25) is 0 Å². The second-order valence-corrected chi connectivity index (χ2v) is 2.90. The zero-order valence-electron chi connectivity index (χ0n) is 6.72. The summed E-state index contributed by atoms with van der Waals surface area (Å²) in [5.41, 5.74) is 4.44. The van der Waals surface area contributed by atoms with E-state index in [-0.39, 0.29) is 5.92 Å². The van der Waals surface area contributed by atoms with Crippen molar-refractivity contribution in [1.29, 1.82) is 0 Å². The maximum Gasteiger partial charge on any atom is 0.323 e. The fourth-order valence-corrected chi connectivity index (χ4v) is 0.635. The fraction of sp³-hybridized carbons (Fsp3) is 0.857. The van der Waals surface area contributed by atoms with Crippen LogP contribution in [0.4, 0.5) is 0 Å². The van der Waals surface area contributed by atoms with Gasteiger partial charge in [-0.15, -0.1) is 0 Å². The topological polar surface area (TPSA) is 63.3 Å². The summed E-state index contributed by atoms with van der Waals surface area (Å²) in [4.78, 5) is 10.5. The van der Waals surface area contributed by atoms with Gasteiger partial charge in [0.1, 0.15) is 5.54 Å². The number of aliphatic carboxylic acids is 1. The second kappa shape index (κ2) is 3.01. The van der Waals surface area contributed by atoms with Gasteiger partial charge in [-0.25, -0.2) is 0 Å². The summed E-state index contributed by atoms with van der Waals surface area (Å²) in [7, 11) is 0. The Kier molecular flexibility index (Phi) is 2.84. The average Bonchev–Trinajstić information content (AvgIpc) is 1.86. The van der Waals surface area contributed by atoms with Gasteiger partial charge in [-0.2, -0.15) is 0 Å². The third-order valence-corrected chi connectivity index (χ3v) is 2.10. The lowest BCUT2D eigenvalue weighted by molar-refractivity contribution is -0.144. The molecule has 0 rings (SSSR count). The molecule has 3 heteroatoms. The zero-order valence-corrected chi connectivity index (χ0v) is 6.72. The Hall–Kier alpha value is -0.570. The average molecular weight is 145 g/mol. The molecule has 0 saturated carbocycles. The zero-order chi connectivity index (χ0) is 8.36. The van der Waals surface area contributed by atoms with Crippen molar-refractivity contribution in [1.82, 2.24) is 0 Å². The summed E-state index contributed by atoms with van der Waals surface area (Å²) in [6.45, 7) is 5.32.